The van der Waals surface area contributed by atoms with Crippen molar-refractivity contribution in [2.45, 2.75) is 71.8 Å². The first-order valence-corrected chi connectivity index (χ1v) is 12.6. The van der Waals surface area contributed by atoms with E-state index in [0.29, 0.717) is 30.2 Å². The molecule has 0 bridgehead atoms. The maximum absolute atomic E-state index is 13.2. The average molecular weight is 472 g/mol. The minimum absolute atomic E-state index is 0.0715. The molecule has 178 valence electrons. The van der Waals surface area contributed by atoms with Crippen LogP contribution in [0.2, 0.25) is 5.02 Å². The second-order valence-electron chi connectivity index (χ2n) is 8.75. The Balaban J connectivity index is 2.13. The van der Waals surface area contributed by atoms with Gasteiger partial charge < -0.3 is 14.4 Å². The Hall–Kier alpha value is -2.31. The molecule has 0 radical (unpaired) electrons. The molecule has 1 aliphatic rings. The van der Waals surface area contributed by atoms with Crippen LogP contribution in [0.5, 0.6) is 0 Å². The number of ether oxygens (including phenoxy) is 1. The van der Waals surface area contributed by atoms with E-state index in [4.69, 9.17) is 21.4 Å². The van der Waals surface area contributed by atoms with Crippen LogP contribution in [-0.2, 0) is 37.6 Å². The predicted molar refractivity (Wildman–Crippen MR) is 132 cm³/mol. The Bertz CT molecular complexity index is 1160. The molecule has 6 nitrogen and oxygen atoms in total. The van der Waals surface area contributed by atoms with E-state index in [1.807, 2.05) is 30.8 Å². The number of halogens is 1. The van der Waals surface area contributed by atoms with Gasteiger partial charge in [-0.25, -0.2) is 4.79 Å². The average Bonchev–Trinajstić information content (AvgIpc) is 3.27. The van der Waals surface area contributed by atoms with Crippen molar-refractivity contribution in [2.24, 2.45) is 7.05 Å². The number of rotatable bonds is 6. The third-order valence-electron chi connectivity index (χ3n) is 6.70. The second kappa shape index (κ2) is 10.3. The van der Waals surface area contributed by atoms with Crippen molar-refractivity contribution in [3.05, 3.63) is 39.8 Å². The van der Waals surface area contributed by atoms with Gasteiger partial charge in [0.1, 0.15) is 5.69 Å². The van der Waals surface area contributed by atoms with Gasteiger partial charge >= 0.3 is 5.97 Å². The number of esters is 1. The molecule has 7 heteroatoms. The summed E-state index contributed by atoms with van der Waals surface area (Å²) < 4.78 is 9.64. The van der Waals surface area contributed by atoms with Gasteiger partial charge in [-0.3, -0.25) is 4.68 Å². The zero-order valence-corrected chi connectivity index (χ0v) is 20.7. The monoisotopic (exact) mass is 471 g/mol. The summed E-state index contributed by atoms with van der Waals surface area (Å²) in [4.78, 5) is 13.2. The van der Waals surface area contributed by atoms with Crippen molar-refractivity contribution in [1.82, 2.24) is 14.3 Å². The molecule has 0 atom stereocenters. The minimum Gasteiger partial charge on any atom is -0.461 e. The van der Waals surface area contributed by atoms with Crippen molar-refractivity contribution in [1.29, 1.82) is 0 Å². The second-order valence-corrected chi connectivity index (χ2v) is 9.16. The number of carbonyl (C=O) groups excluding carboxylic acids is 1. The molecule has 0 unspecified atom stereocenters. The van der Waals surface area contributed by atoms with E-state index in [1.54, 1.807) is 0 Å². The molecule has 3 heterocycles. The molecule has 2 aromatic heterocycles. The SMILES string of the molecule is CCOC(=O)c1c(CCCO)c2ccc(Cl)c3c2n1CCCCCCc1nn(C)c(CC)c1-3. The van der Waals surface area contributed by atoms with Gasteiger partial charge in [-0.15, -0.1) is 0 Å². The van der Waals surface area contributed by atoms with E-state index < -0.39 is 0 Å². The van der Waals surface area contributed by atoms with Crippen LogP contribution in [0.4, 0.5) is 0 Å². The number of hydrogen-bond acceptors (Lipinski definition) is 4. The van der Waals surface area contributed by atoms with Crippen LogP contribution in [0.1, 0.15) is 73.4 Å². The summed E-state index contributed by atoms with van der Waals surface area (Å²) in [6.45, 7) is 5.10. The van der Waals surface area contributed by atoms with Gasteiger partial charge in [0.25, 0.3) is 0 Å². The molecule has 1 N–H and O–H groups in total. The third-order valence-corrected chi connectivity index (χ3v) is 7.02. The minimum atomic E-state index is -0.305. The largest absolute Gasteiger partial charge is 0.461 e. The highest BCUT2D eigenvalue weighted by Gasteiger charge is 2.29. The summed E-state index contributed by atoms with van der Waals surface area (Å²) in [6, 6.07) is 3.96. The Morgan fingerprint density at radius 1 is 1.18 bits per heavy atom. The standard InChI is InChI=1S/C26H34ClN3O3/c1-4-21-23-20(28-29(21)3)12-8-6-7-9-15-30-24-18(13-14-19(27)22(23)24)17(11-10-16-31)25(30)26(32)33-5-2/h13-14,31H,4-12,15-16H2,1-3H3. The number of hydrogen-bond donors (Lipinski definition) is 1. The zero-order valence-electron chi connectivity index (χ0n) is 19.9. The summed E-state index contributed by atoms with van der Waals surface area (Å²) in [7, 11) is 2.00. The number of fused-ring (bicyclic) bond motifs is 2. The molecule has 3 aromatic rings. The van der Waals surface area contributed by atoms with Crippen molar-refractivity contribution in [3.8, 4) is 11.1 Å². The highest BCUT2D eigenvalue weighted by atomic mass is 35.5. The first kappa shape index (κ1) is 23.8. The molecular weight excluding hydrogens is 438 g/mol. The lowest BCUT2D eigenvalue weighted by molar-refractivity contribution is 0.0512. The number of nitrogens with zero attached hydrogens (tertiary/aromatic N) is 3. The normalized spacial score (nSPS) is 14.2. The Morgan fingerprint density at radius 3 is 2.70 bits per heavy atom. The van der Waals surface area contributed by atoms with Gasteiger partial charge in [-0.05, 0) is 57.1 Å². The first-order valence-electron chi connectivity index (χ1n) is 12.2. The van der Waals surface area contributed by atoms with Crippen LogP contribution in [-0.4, -0.2) is 38.6 Å². The van der Waals surface area contributed by atoms with Crippen LogP contribution in [0, 0.1) is 0 Å². The highest BCUT2D eigenvalue weighted by Crippen LogP contribution is 2.43. The molecular formula is C26H34ClN3O3. The van der Waals surface area contributed by atoms with E-state index in [1.165, 1.54) is 0 Å². The fraction of sp³-hybridized carbons (Fsp3) is 0.538. The number of aliphatic hydroxyl groups excluding tert-OH is 1. The van der Waals surface area contributed by atoms with E-state index in [9.17, 15) is 9.90 Å². The molecule has 0 amide bonds. The summed E-state index contributed by atoms with van der Waals surface area (Å²) in [5.74, 6) is -0.305. The van der Waals surface area contributed by atoms with Gasteiger partial charge in [-0.1, -0.05) is 37.4 Å². The van der Waals surface area contributed by atoms with Crippen LogP contribution in [0.15, 0.2) is 12.1 Å². The summed E-state index contributed by atoms with van der Waals surface area (Å²) in [5.41, 5.74) is 6.85. The van der Waals surface area contributed by atoms with Gasteiger partial charge in [-0.2, -0.15) is 5.10 Å². The highest BCUT2D eigenvalue weighted by molar-refractivity contribution is 6.35. The topological polar surface area (TPSA) is 69.3 Å². The molecule has 0 saturated heterocycles. The zero-order chi connectivity index (χ0) is 23.5. The molecule has 1 aromatic carbocycles. The molecule has 0 fully saturated rings. The fourth-order valence-corrected chi connectivity index (χ4v) is 5.55. The van der Waals surface area contributed by atoms with Crippen LogP contribution in [0.3, 0.4) is 0 Å². The lowest BCUT2D eigenvalue weighted by Crippen LogP contribution is -2.15. The van der Waals surface area contributed by atoms with Crippen LogP contribution in [0.25, 0.3) is 22.0 Å². The molecule has 1 aliphatic heterocycles. The van der Waals surface area contributed by atoms with E-state index >= 15 is 0 Å². The number of aliphatic hydroxyl groups is 1. The van der Waals surface area contributed by atoms with E-state index in [-0.39, 0.29) is 12.6 Å². The van der Waals surface area contributed by atoms with Crippen LogP contribution < -0.4 is 0 Å². The third kappa shape index (κ3) is 4.31. The Kier molecular flexibility index (Phi) is 7.45. The van der Waals surface area contributed by atoms with Crippen molar-refractivity contribution >= 4 is 28.5 Å². The first-order chi connectivity index (χ1) is 16.0. The Morgan fingerprint density at radius 2 is 1.97 bits per heavy atom. The quantitative estimate of drug-likeness (QED) is 0.483. The smallest absolute Gasteiger partial charge is 0.355 e. The molecule has 4 rings (SSSR count). The number of aryl methyl sites for hydroxylation is 4. The summed E-state index contributed by atoms with van der Waals surface area (Å²) in [5, 5.41) is 16.1. The number of benzene rings is 1. The Labute approximate surface area is 200 Å². The lowest BCUT2D eigenvalue weighted by atomic mass is 9.95. The maximum Gasteiger partial charge on any atom is 0.355 e. The number of aromatic nitrogens is 3. The predicted octanol–water partition coefficient (Wildman–Crippen LogP) is 5.48. The molecule has 0 saturated carbocycles. The van der Waals surface area contributed by atoms with Gasteiger partial charge in [0.2, 0.25) is 0 Å². The summed E-state index contributed by atoms with van der Waals surface area (Å²) >= 11 is 6.94. The molecule has 0 spiro atoms. The maximum atomic E-state index is 13.2. The van der Waals surface area contributed by atoms with Crippen LogP contribution >= 0.6 is 11.6 Å². The number of carbonyl (C=O) groups is 1. The summed E-state index contributed by atoms with van der Waals surface area (Å²) in [6.07, 6.45) is 7.23. The lowest BCUT2D eigenvalue weighted by Gasteiger charge is -2.15. The van der Waals surface area contributed by atoms with Gasteiger partial charge in [0.05, 0.1) is 22.8 Å². The van der Waals surface area contributed by atoms with Crippen molar-refractivity contribution < 1.29 is 14.6 Å². The molecule has 33 heavy (non-hydrogen) atoms. The van der Waals surface area contributed by atoms with Crippen molar-refractivity contribution in [2.75, 3.05) is 13.2 Å². The fourth-order valence-electron chi connectivity index (χ4n) is 5.30. The van der Waals surface area contributed by atoms with E-state index in [0.717, 1.165) is 84.1 Å². The van der Waals surface area contributed by atoms with E-state index in [2.05, 4.69) is 11.5 Å². The van der Waals surface area contributed by atoms with Gasteiger partial charge in [0.15, 0.2) is 0 Å². The van der Waals surface area contributed by atoms with Crippen molar-refractivity contribution in [3.63, 3.8) is 0 Å². The molecule has 0 aliphatic carbocycles. The van der Waals surface area contributed by atoms with Gasteiger partial charge in [0, 0.05) is 42.4 Å².